The standard InChI is InChI=1S/C19H29NO5/c1-18(2,3)16(22)24-14-9-8-12(13(21)11-20-7)10-15(14)25-17(23)19(4,5)6/h8-10,13,20-21H,11H2,1-7H3/i1D3,4D3. The zero-order chi connectivity index (χ0) is 24.4. The molecular formula is C19H29NO5. The first-order valence-corrected chi connectivity index (χ1v) is 7.77. The van der Waals surface area contributed by atoms with Crippen molar-refractivity contribution in [2.24, 2.45) is 10.8 Å². The van der Waals surface area contributed by atoms with Crippen LogP contribution in [0.15, 0.2) is 18.2 Å². The van der Waals surface area contributed by atoms with Crippen LogP contribution in [-0.2, 0) is 9.59 Å². The number of aliphatic hydroxyl groups excluding tert-OH is 1. The summed E-state index contributed by atoms with van der Waals surface area (Å²) < 4.78 is 55.7. The van der Waals surface area contributed by atoms with Crippen LogP contribution in [0.2, 0.25) is 0 Å². The van der Waals surface area contributed by atoms with Crippen LogP contribution in [0.5, 0.6) is 11.5 Å². The molecule has 0 aliphatic carbocycles. The molecule has 0 amide bonds. The van der Waals surface area contributed by atoms with Gasteiger partial charge in [-0.05, 0) is 66.1 Å². The van der Waals surface area contributed by atoms with Crippen molar-refractivity contribution in [2.45, 2.75) is 47.5 Å². The third-order valence-corrected chi connectivity index (χ3v) is 3.18. The summed E-state index contributed by atoms with van der Waals surface area (Å²) in [5, 5.41) is 13.0. The highest BCUT2D eigenvalue weighted by molar-refractivity contribution is 5.81. The molecule has 0 radical (unpaired) electrons. The summed E-state index contributed by atoms with van der Waals surface area (Å²) in [4.78, 5) is 25.1. The number of benzene rings is 1. The van der Waals surface area contributed by atoms with Crippen LogP contribution in [0, 0.1) is 10.8 Å². The lowest BCUT2D eigenvalue weighted by Gasteiger charge is -2.21. The highest BCUT2D eigenvalue weighted by Gasteiger charge is 2.28. The maximum atomic E-state index is 12.6. The van der Waals surface area contributed by atoms with Gasteiger partial charge < -0.3 is 19.9 Å². The maximum absolute atomic E-state index is 12.6. The van der Waals surface area contributed by atoms with E-state index in [1.165, 1.54) is 45.9 Å². The number of carbonyl (C=O) groups excluding carboxylic acids is 2. The van der Waals surface area contributed by atoms with E-state index in [4.69, 9.17) is 17.7 Å². The molecule has 6 heteroatoms. The number of aliphatic hydroxyl groups is 1. The molecular weight excluding hydrogens is 322 g/mol. The van der Waals surface area contributed by atoms with Crippen molar-refractivity contribution in [3.05, 3.63) is 23.8 Å². The lowest BCUT2D eigenvalue weighted by Crippen LogP contribution is -2.28. The molecule has 140 valence electrons. The Labute approximate surface area is 157 Å². The Morgan fingerprint density at radius 1 is 1.12 bits per heavy atom. The predicted octanol–water partition coefficient (Wildman–Crippen LogP) is 2.84. The molecule has 1 rings (SSSR count). The normalized spacial score (nSPS) is 17.8. The van der Waals surface area contributed by atoms with Gasteiger partial charge in [-0.1, -0.05) is 6.07 Å². The van der Waals surface area contributed by atoms with Gasteiger partial charge in [-0.15, -0.1) is 0 Å². The maximum Gasteiger partial charge on any atom is 0.316 e. The molecule has 0 bridgehead atoms. The molecule has 6 nitrogen and oxygen atoms in total. The molecule has 0 heterocycles. The minimum atomic E-state index is -2.67. The Morgan fingerprint density at radius 2 is 1.64 bits per heavy atom. The van der Waals surface area contributed by atoms with Gasteiger partial charge in [0.25, 0.3) is 0 Å². The Bertz CT molecular complexity index is 817. The molecule has 2 N–H and O–H groups in total. The molecule has 0 saturated heterocycles. The van der Waals surface area contributed by atoms with Crippen LogP contribution in [0.25, 0.3) is 0 Å². The van der Waals surface area contributed by atoms with Crippen LogP contribution < -0.4 is 14.8 Å². The van der Waals surface area contributed by atoms with E-state index in [-0.39, 0.29) is 18.0 Å². The molecule has 0 spiro atoms. The average molecular weight is 357 g/mol. The SMILES string of the molecule is [2H]C([2H])([2H])C(C)(C)C(=O)Oc1ccc(C(O)CNC)cc1OC(=O)C(C)(C)C([2H])([2H])[2H]. The summed E-state index contributed by atoms with van der Waals surface area (Å²) in [7, 11) is 1.62. The number of ether oxygens (including phenoxy) is 2. The molecule has 0 aliphatic heterocycles. The van der Waals surface area contributed by atoms with Gasteiger partial charge in [0, 0.05) is 14.8 Å². The van der Waals surface area contributed by atoms with E-state index in [0.717, 1.165) is 0 Å². The van der Waals surface area contributed by atoms with E-state index in [2.05, 4.69) is 5.32 Å². The van der Waals surface area contributed by atoms with Gasteiger partial charge >= 0.3 is 11.9 Å². The van der Waals surface area contributed by atoms with Gasteiger partial charge in [0.15, 0.2) is 11.5 Å². The number of rotatable bonds is 5. The second-order valence-electron chi connectivity index (χ2n) is 6.81. The van der Waals surface area contributed by atoms with E-state index in [0.29, 0.717) is 5.56 Å². The fourth-order valence-electron chi connectivity index (χ4n) is 1.66. The van der Waals surface area contributed by atoms with Crippen molar-refractivity contribution < 1.29 is 32.4 Å². The lowest BCUT2D eigenvalue weighted by atomic mass is 9.97. The zero-order valence-corrected chi connectivity index (χ0v) is 15.1. The number of carbonyl (C=O) groups is 2. The van der Waals surface area contributed by atoms with Crippen LogP contribution in [0.4, 0.5) is 0 Å². The Kier molecular flexibility index (Phi) is 4.24. The molecule has 0 aromatic heterocycles. The summed E-state index contributed by atoms with van der Waals surface area (Å²) in [6.45, 7) is -0.412. The van der Waals surface area contributed by atoms with Crippen LogP contribution in [-0.4, -0.2) is 30.6 Å². The third-order valence-electron chi connectivity index (χ3n) is 3.18. The first-order chi connectivity index (χ1) is 13.9. The average Bonchev–Trinajstić information content (AvgIpc) is 2.61. The number of hydrogen-bond acceptors (Lipinski definition) is 6. The Morgan fingerprint density at radius 3 is 2.12 bits per heavy atom. The van der Waals surface area contributed by atoms with Crippen molar-refractivity contribution in [2.75, 3.05) is 13.6 Å². The predicted molar refractivity (Wildman–Crippen MR) is 95.5 cm³/mol. The fourth-order valence-corrected chi connectivity index (χ4v) is 1.66. The van der Waals surface area contributed by atoms with Crippen LogP contribution >= 0.6 is 0 Å². The van der Waals surface area contributed by atoms with Crippen molar-refractivity contribution in [1.82, 2.24) is 5.32 Å². The van der Waals surface area contributed by atoms with Crippen molar-refractivity contribution in [3.63, 3.8) is 0 Å². The molecule has 25 heavy (non-hydrogen) atoms. The Hall–Kier alpha value is -1.92. The highest BCUT2D eigenvalue weighted by Crippen LogP contribution is 2.34. The number of hydrogen-bond donors (Lipinski definition) is 2. The topological polar surface area (TPSA) is 84.9 Å². The van der Waals surface area contributed by atoms with Gasteiger partial charge in [-0.25, -0.2) is 0 Å². The number of likely N-dealkylation sites (N-methyl/N-ethyl adjacent to an activating group) is 1. The minimum Gasteiger partial charge on any atom is -0.422 e. The van der Waals surface area contributed by atoms with E-state index < -0.39 is 42.6 Å². The molecule has 1 atom stereocenters. The third kappa shape index (κ3) is 6.14. The van der Waals surface area contributed by atoms with E-state index in [1.807, 2.05) is 0 Å². The molecule has 1 aromatic rings. The van der Waals surface area contributed by atoms with Crippen LogP contribution in [0.1, 0.15) is 61.3 Å². The monoisotopic (exact) mass is 357 g/mol. The van der Waals surface area contributed by atoms with Gasteiger partial charge in [-0.2, -0.15) is 0 Å². The smallest absolute Gasteiger partial charge is 0.316 e. The van der Waals surface area contributed by atoms with E-state index in [9.17, 15) is 14.7 Å². The minimum absolute atomic E-state index is 0.166. The summed E-state index contributed by atoms with van der Waals surface area (Å²) in [5.41, 5.74) is -3.44. The van der Waals surface area contributed by atoms with Crippen molar-refractivity contribution in [3.8, 4) is 11.5 Å². The van der Waals surface area contributed by atoms with E-state index >= 15 is 0 Å². The molecule has 0 saturated carbocycles. The number of nitrogens with one attached hydrogen (secondary N) is 1. The molecule has 1 aromatic carbocycles. The molecule has 1 unspecified atom stereocenters. The lowest BCUT2D eigenvalue weighted by molar-refractivity contribution is -0.145. The van der Waals surface area contributed by atoms with Crippen LogP contribution in [0.3, 0.4) is 0 Å². The van der Waals surface area contributed by atoms with Crippen molar-refractivity contribution >= 4 is 11.9 Å². The summed E-state index contributed by atoms with van der Waals surface area (Å²) in [5.74, 6) is -2.80. The zero-order valence-electron chi connectivity index (χ0n) is 21.1. The summed E-state index contributed by atoms with van der Waals surface area (Å²) >= 11 is 0. The fraction of sp³-hybridized carbons (Fsp3) is 0.579. The van der Waals surface area contributed by atoms with Gasteiger partial charge in [0.2, 0.25) is 0 Å². The number of esters is 2. The molecule has 0 aliphatic rings. The van der Waals surface area contributed by atoms with Gasteiger partial charge in [0.05, 0.1) is 16.9 Å². The second-order valence-corrected chi connectivity index (χ2v) is 6.81. The second kappa shape index (κ2) is 7.97. The highest BCUT2D eigenvalue weighted by atomic mass is 16.6. The van der Waals surface area contributed by atoms with Crippen molar-refractivity contribution in [1.29, 1.82) is 0 Å². The summed E-state index contributed by atoms with van der Waals surface area (Å²) in [6, 6.07) is 3.90. The van der Waals surface area contributed by atoms with Gasteiger partial charge in [-0.3, -0.25) is 9.59 Å². The first-order valence-electron chi connectivity index (χ1n) is 10.8. The summed E-state index contributed by atoms with van der Waals surface area (Å²) in [6.07, 6.45) is -0.998. The van der Waals surface area contributed by atoms with Gasteiger partial charge in [0.1, 0.15) is 0 Å². The first kappa shape index (κ1) is 13.3. The quantitative estimate of drug-likeness (QED) is 0.623. The Balaban J connectivity index is 3.39. The largest absolute Gasteiger partial charge is 0.422 e. The van der Waals surface area contributed by atoms with E-state index in [1.54, 1.807) is 7.05 Å². The molecule has 0 fully saturated rings.